The first kappa shape index (κ1) is 9.96. The largest absolute Gasteiger partial charge is 0.508 e. The molecular formula is C12H12O3. The molecule has 1 unspecified atom stereocenters. The molecule has 2 aromatic carbocycles. The highest BCUT2D eigenvalue weighted by Gasteiger charge is 2.14. The minimum absolute atomic E-state index is 0.00949. The number of aliphatic hydroxyl groups excluding tert-OH is 2. The average molecular weight is 204 g/mol. The van der Waals surface area contributed by atoms with E-state index >= 15 is 0 Å². The monoisotopic (exact) mass is 204 g/mol. The van der Waals surface area contributed by atoms with Gasteiger partial charge in [0.1, 0.15) is 11.9 Å². The van der Waals surface area contributed by atoms with E-state index < -0.39 is 12.7 Å². The molecule has 0 aliphatic heterocycles. The number of aromatic hydroxyl groups is 1. The van der Waals surface area contributed by atoms with E-state index in [4.69, 9.17) is 5.11 Å². The van der Waals surface area contributed by atoms with Gasteiger partial charge >= 0.3 is 0 Å². The van der Waals surface area contributed by atoms with E-state index in [0.717, 1.165) is 10.8 Å². The second kappa shape index (κ2) is 3.88. The number of hydrogen-bond donors (Lipinski definition) is 3. The van der Waals surface area contributed by atoms with Gasteiger partial charge in [-0.3, -0.25) is 0 Å². The molecule has 0 spiro atoms. The summed E-state index contributed by atoms with van der Waals surface area (Å²) in [5.74, 6) is 0.00949. The van der Waals surface area contributed by atoms with Crippen molar-refractivity contribution in [2.75, 3.05) is 6.61 Å². The van der Waals surface area contributed by atoms with Crippen LogP contribution in [-0.4, -0.2) is 21.9 Å². The molecule has 0 aliphatic rings. The Morgan fingerprint density at radius 1 is 1.07 bits per heavy atom. The summed E-state index contributed by atoms with van der Waals surface area (Å²) in [5.41, 5.74) is 0.385. The summed E-state index contributed by atoms with van der Waals surface area (Å²) < 4.78 is 0. The number of aliphatic hydroxyl groups is 2. The fourth-order valence-corrected chi connectivity index (χ4v) is 1.73. The standard InChI is InChI=1S/C12H12O3/c13-7-11(15)12-9-4-2-1-3-8(9)5-6-10(12)14/h1-6,11,13-15H,7H2. The third kappa shape index (κ3) is 1.67. The van der Waals surface area contributed by atoms with Crippen LogP contribution in [0.3, 0.4) is 0 Å². The number of phenols is 1. The third-order valence-corrected chi connectivity index (χ3v) is 2.45. The van der Waals surface area contributed by atoms with Crippen LogP contribution in [0, 0.1) is 0 Å². The van der Waals surface area contributed by atoms with Gasteiger partial charge in [0, 0.05) is 5.56 Å². The van der Waals surface area contributed by atoms with Crippen LogP contribution in [0.25, 0.3) is 10.8 Å². The molecule has 1 atom stereocenters. The van der Waals surface area contributed by atoms with Gasteiger partial charge in [0.15, 0.2) is 0 Å². The second-order valence-electron chi connectivity index (χ2n) is 3.42. The minimum Gasteiger partial charge on any atom is -0.508 e. The highest BCUT2D eigenvalue weighted by Crippen LogP contribution is 2.31. The van der Waals surface area contributed by atoms with Crippen LogP contribution in [0.1, 0.15) is 11.7 Å². The predicted octanol–water partition coefficient (Wildman–Crippen LogP) is 1.57. The fourth-order valence-electron chi connectivity index (χ4n) is 1.73. The van der Waals surface area contributed by atoms with Crippen molar-refractivity contribution in [2.24, 2.45) is 0 Å². The van der Waals surface area contributed by atoms with Gasteiger partial charge in [0.05, 0.1) is 6.61 Å². The summed E-state index contributed by atoms with van der Waals surface area (Å²) in [6.45, 7) is -0.401. The van der Waals surface area contributed by atoms with Gasteiger partial charge < -0.3 is 15.3 Å². The molecule has 3 nitrogen and oxygen atoms in total. The van der Waals surface area contributed by atoms with Crippen molar-refractivity contribution in [3.8, 4) is 5.75 Å². The molecule has 2 rings (SSSR count). The van der Waals surface area contributed by atoms with E-state index in [2.05, 4.69) is 0 Å². The Kier molecular flexibility index (Phi) is 2.58. The van der Waals surface area contributed by atoms with Crippen LogP contribution in [-0.2, 0) is 0 Å². The molecule has 0 aromatic heterocycles. The lowest BCUT2D eigenvalue weighted by Crippen LogP contribution is -2.03. The van der Waals surface area contributed by atoms with Gasteiger partial charge in [-0.1, -0.05) is 30.3 Å². The topological polar surface area (TPSA) is 60.7 Å². The lowest BCUT2D eigenvalue weighted by atomic mass is 10.00. The van der Waals surface area contributed by atoms with Crippen molar-refractivity contribution < 1.29 is 15.3 Å². The van der Waals surface area contributed by atoms with Crippen LogP contribution in [0.2, 0.25) is 0 Å². The molecule has 0 fully saturated rings. The zero-order valence-electron chi connectivity index (χ0n) is 8.09. The molecule has 0 radical (unpaired) electrons. The minimum atomic E-state index is -1.05. The maximum Gasteiger partial charge on any atom is 0.122 e. The van der Waals surface area contributed by atoms with E-state index in [1.807, 2.05) is 24.3 Å². The number of fused-ring (bicyclic) bond motifs is 1. The number of benzene rings is 2. The molecule has 0 bridgehead atoms. The molecule has 0 aliphatic carbocycles. The lowest BCUT2D eigenvalue weighted by molar-refractivity contribution is 0.0946. The lowest BCUT2D eigenvalue weighted by Gasteiger charge is -2.12. The van der Waals surface area contributed by atoms with E-state index in [1.165, 1.54) is 6.07 Å². The zero-order valence-corrected chi connectivity index (χ0v) is 8.09. The zero-order chi connectivity index (χ0) is 10.8. The Morgan fingerprint density at radius 2 is 1.80 bits per heavy atom. The Hall–Kier alpha value is -1.58. The Bertz CT molecular complexity index is 479. The van der Waals surface area contributed by atoms with E-state index in [9.17, 15) is 10.2 Å². The SMILES string of the molecule is OCC(O)c1c(O)ccc2ccccc12. The summed E-state index contributed by atoms with van der Waals surface area (Å²) in [7, 11) is 0. The van der Waals surface area contributed by atoms with E-state index in [0.29, 0.717) is 5.56 Å². The first-order valence-electron chi connectivity index (χ1n) is 4.73. The second-order valence-corrected chi connectivity index (χ2v) is 3.42. The van der Waals surface area contributed by atoms with Crippen LogP contribution < -0.4 is 0 Å². The maximum atomic E-state index is 9.64. The summed E-state index contributed by atoms with van der Waals surface area (Å²) in [5, 5.41) is 29.8. The molecule has 3 N–H and O–H groups in total. The quantitative estimate of drug-likeness (QED) is 0.695. The molecular weight excluding hydrogens is 192 g/mol. The number of phenolic OH excluding ortho intramolecular Hbond substituents is 1. The van der Waals surface area contributed by atoms with Crippen molar-refractivity contribution in [2.45, 2.75) is 6.10 Å². The summed E-state index contributed by atoms with van der Waals surface area (Å²) >= 11 is 0. The molecule has 0 saturated heterocycles. The summed E-state index contributed by atoms with van der Waals surface area (Å²) in [6, 6.07) is 10.7. The molecule has 0 amide bonds. The van der Waals surface area contributed by atoms with Gasteiger partial charge in [-0.25, -0.2) is 0 Å². The van der Waals surface area contributed by atoms with Crippen LogP contribution in [0.15, 0.2) is 36.4 Å². The Morgan fingerprint density at radius 3 is 2.53 bits per heavy atom. The molecule has 2 aromatic rings. The third-order valence-electron chi connectivity index (χ3n) is 2.45. The van der Waals surface area contributed by atoms with Crippen molar-refractivity contribution in [3.63, 3.8) is 0 Å². The Balaban J connectivity index is 2.74. The van der Waals surface area contributed by atoms with Gasteiger partial charge in [-0.2, -0.15) is 0 Å². The number of hydrogen-bond acceptors (Lipinski definition) is 3. The molecule has 3 heteroatoms. The van der Waals surface area contributed by atoms with Crippen molar-refractivity contribution in [3.05, 3.63) is 42.0 Å². The molecule has 0 heterocycles. The van der Waals surface area contributed by atoms with E-state index in [1.54, 1.807) is 6.07 Å². The highest BCUT2D eigenvalue weighted by atomic mass is 16.3. The molecule has 15 heavy (non-hydrogen) atoms. The first-order valence-corrected chi connectivity index (χ1v) is 4.73. The maximum absolute atomic E-state index is 9.64. The first-order chi connectivity index (χ1) is 7.24. The van der Waals surface area contributed by atoms with Crippen molar-refractivity contribution in [1.82, 2.24) is 0 Å². The summed E-state index contributed by atoms with van der Waals surface area (Å²) in [4.78, 5) is 0. The predicted molar refractivity (Wildman–Crippen MR) is 57.7 cm³/mol. The van der Waals surface area contributed by atoms with E-state index in [-0.39, 0.29) is 5.75 Å². The van der Waals surface area contributed by atoms with Gasteiger partial charge in [-0.05, 0) is 16.8 Å². The fraction of sp³-hybridized carbons (Fsp3) is 0.167. The average Bonchev–Trinajstić information content (AvgIpc) is 2.28. The highest BCUT2D eigenvalue weighted by molar-refractivity contribution is 5.88. The number of rotatable bonds is 2. The van der Waals surface area contributed by atoms with Gasteiger partial charge in [0.25, 0.3) is 0 Å². The molecule has 78 valence electrons. The van der Waals surface area contributed by atoms with Gasteiger partial charge in [0.2, 0.25) is 0 Å². The smallest absolute Gasteiger partial charge is 0.122 e. The Labute approximate surface area is 87.2 Å². The van der Waals surface area contributed by atoms with Crippen molar-refractivity contribution >= 4 is 10.8 Å². The van der Waals surface area contributed by atoms with Crippen molar-refractivity contribution in [1.29, 1.82) is 0 Å². The van der Waals surface area contributed by atoms with Crippen LogP contribution in [0.5, 0.6) is 5.75 Å². The molecule has 0 saturated carbocycles. The normalized spacial score (nSPS) is 12.9. The summed E-state index contributed by atoms with van der Waals surface area (Å²) in [6.07, 6.45) is -1.05. The van der Waals surface area contributed by atoms with Gasteiger partial charge in [-0.15, -0.1) is 0 Å². The van der Waals surface area contributed by atoms with Crippen LogP contribution in [0.4, 0.5) is 0 Å². The van der Waals surface area contributed by atoms with Crippen LogP contribution >= 0.6 is 0 Å².